The second kappa shape index (κ2) is 9.74. The number of allylic oxidation sites excluding steroid dienone is 2. The SMILES string of the molecule is C=CCc1ccccc1OCc1cc(/C=C/C(=O)c2cn(C)nc2C)ccc1OC. The molecule has 5 heteroatoms. The lowest BCUT2D eigenvalue weighted by atomic mass is 10.1. The highest BCUT2D eigenvalue weighted by atomic mass is 16.5. The summed E-state index contributed by atoms with van der Waals surface area (Å²) in [6, 6.07) is 13.7. The van der Waals surface area contributed by atoms with Crippen molar-refractivity contribution >= 4 is 11.9 Å². The molecule has 30 heavy (non-hydrogen) atoms. The van der Waals surface area contributed by atoms with Gasteiger partial charge in [-0.3, -0.25) is 9.48 Å². The number of rotatable bonds is 9. The predicted octanol–water partition coefficient (Wildman–Crippen LogP) is 4.94. The normalized spacial score (nSPS) is 10.9. The van der Waals surface area contributed by atoms with E-state index in [1.165, 1.54) is 0 Å². The molecule has 1 heterocycles. The second-order valence-corrected chi connectivity index (χ2v) is 6.96. The summed E-state index contributed by atoms with van der Waals surface area (Å²) < 4.78 is 13.2. The number of ether oxygens (including phenoxy) is 2. The van der Waals surface area contributed by atoms with Gasteiger partial charge in [0.1, 0.15) is 18.1 Å². The van der Waals surface area contributed by atoms with Gasteiger partial charge in [0.25, 0.3) is 0 Å². The van der Waals surface area contributed by atoms with Gasteiger partial charge in [-0.2, -0.15) is 5.10 Å². The van der Waals surface area contributed by atoms with Crippen LogP contribution in [0.3, 0.4) is 0 Å². The molecule has 3 rings (SSSR count). The number of methoxy groups -OCH3 is 1. The number of ketones is 1. The van der Waals surface area contributed by atoms with E-state index in [4.69, 9.17) is 9.47 Å². The first-order valence-electron chi connectivity index (χ1n) is 9.73. The average molecular weight is 402 g/mol. The van der Waals surface area contributed by atoms with Crippen LogP contribution in [0.25, 0.3) is 6.08 Å². The Kier molecular flexibility index (Phi) is 6.86. The fourth-order valence-electron chi connectivity index (χ4n) is 3.24. The van der Waals surface area contributed by atoms with E-state index in [1.54, 1.807) is 37.2 Å². The topological polar surface area (TPSA) is 53.4 Å². The van der Waals surface area contributed by atoms with Crippen molar-refractivity contribution in [1.82, 2.24) is 9.78 Å². The van der Waals surface area contributed by atoms with Crippen LogP contribution in [0, 0.1) is 6.92 Å². The number of aryl methyl sites for hydroxylation is 2. The monoisotopic (exact) mass is 402 g/mol. The van der Waals surface area contributed by atoms with Crippen molar-refractivity contribution in [2.24, 2.45) is 7.05 Å². The number of nitrogens with zero attached hydrogens (tertiary/aromatic N) is 2. The molecule has 154 valence electrons. The van der Waals surface area contributed by atoms with Gasteiger partial charge in [-0.25, -0.2) is 0 Å². The van der Waals surface area contributed by atoms with Crippen molar-refractivity contribution in [3.05, 3.63) is 95.3 Å². The van der Waals surface area contributed by atoms with Gasteiger partial charge >= 0.3 is 0 Å². The summed E-state index contributed by atoms with van der Waals surface area (Å²) in [5, 5.41) is 4.22. The van der Waals surface area contributed by atoms with Crippen molar-refractivity contribution in [3.8, 4) is 11.5 Å². The zero-order chi connectivity index (χ0) is 21.5. The molecule has 5 nitrogen and oxygen atoms in total. The molecule has 0 aliphatic carbocycles. The Morgan fingerprint density at radius 1 is 1.17 bits per heavy atom. The van der Waals surface area contributed by atoms with E-state index in [0.717, 1.165) is 34.6 Å². The summed E-state index contributed by atoms with van der Waals surface area (Å²) in [6.45, 7) is 5.98. The van der Waals surface area contributed by atoms with E-state index < -0.39 is 0 Å². The van der Waals surface area contributed by atoms with E-state index in [-0.39, 0.29) is 5.78 Å². The summed E-state index contributed by atoms with van der Waals surface area (Å²) in [4.78, 5) is 12.5. The summed E-state index contributed by atoms with van der Waals surface area (Å²) in [5.41, 5.74) is 4.19. The molecule has 1 aromatic heterocycles. The van der Waals surface area contributed by atoms with Gasteiger partial charge in [0, 0.05) is 18.8 Å². The van der Waals surface area contributed by atoms with Crippen LogP contribution < -0.4 is 9.47 Å². The van der Waals surface area contributed by atoms with Gasteiger partial charge in [-0.1, -0.05) is 36.4 Å². The first-order valence-corrected chi connectivity index (χ1v) is 9.73. The molecular formula is C25H26N2O3. The number of hydrogen-bond acceptors (Lipinski definition) is 4. The van der Waals surface area contributed by atoms with Crippen LogP contribution in [0.1, 0.15) is 32.7 Å². The molecule has 0 atom stereocenters. The average Bonchev–Trinajstić information content (AvgIpc) is 3.09. The van der Waals surface area contributed by atoms with Crippen LogP contribution in [0.2, 0.25) is 0 Å². The van der Waals surface area contributed by atoms with Crippen LogP contribution in [0.4, 0.5) is 0 Å². The first-order chi connectivity index (χ1) is 14.5. The fraction of sp³-hybridized carbons (Fsp3) is 0.200. The van der Waals surface area contributed by atoms with Gasteiger partial charge in [0.2, 0.25) is 0 Å². The van der Waals surface area contributed by atoms with E-state index >= 15 is 0 Å². The van der Waals surface area contributed by atoms with Crippen molar-refractivity contribution < 1.29 is 14.3 Å². The highest BCUT2D eigenvalue weighted by Gasteiger charge is 2.10. The van der Waals surface area contributed by atoms with Crippen molar-refractivity contribution in [3.63, 3.8) is 0 Å². The van der Waals surface area contributed by atoms with Crippen LogP contribution in [-0.2, 0) is 20.1 Å². The number of carbonyl (C=O) groups excluding carboxylic acids is 1. The maximum Gasteiger partial charge on any atom is 0.189 e. The molecule has 0 saturated carbocycles. The molecule has 0 aliphatic heterocycles. The fourth-order valence-corrected chi connectivity index (χ4v) is 3.24. The zero-order valence-electron chi connectivity index (χ0n) is 17.6. The number of benzene rings is 2. The molecular weight excluding hydrogens is 376 g/mol. The Balaban J connectivity index is 1.77. The number of hydrogen-bond donors (Lipinski definition) is 0. The number of aromatic nitrogens is 2. The summed E-state index contributed by atoms with van der Waals surface area (Å²) in [6.07, 6.45) is 7.69. The molecule has 0 amide bonds. The van der Waals surface area contributed by atoms with Gasteiger partial charge in [-0.05, 0) is 48.7 Å². The maximum absolute atomic E-state index is 12.5. The van der Waals surface area contributed by atoms with Gasteiger partial charge < -0.3 is 9.47 Å². The smallest absolute Gasteiger partial charge is 0.189 e. The number of para-hydroxylation sites is 1. The van der Waals surface area contributed by atoms with Gasteiger partial charge in [0.15, 0.2) is 5.78 Å². The lowest BCUT2D eigenvalue weighted by Crippen LogP contribution is -2.01. The van der Waals surface area contributed by atoms with Crippen LogP contribution in [-0.4, -0.2) is 22.7 Å². The Hall–Kier alpha value is -3.60. The third kappa shape index (κ3) is 5.06. The second-order valence-electron chi connectivity index (χ2n) is 6.96. The minimum Gasteiger partial charge on any atom is -0.496 e. The van der Waals surface area contributed by atoms with Crippen molar-refractivity contribution in [2.45, 2.75) is 20.0 Å². The largest absolute Gasteiger partial charge is 0.496 e. The highest BCUT2D eigenvalue weighted by Crippen LogP contribution is 2.25. The quantitative estimate of drug-likeness (QED) is 0.289. The molecule has 0 N–H and O–H groups in total. The maximum atomic E-state index is 12.5. The standard InChI is InChI=1S/C25H26N2O3/c1-5-8-20-9-6-7-10-25(20)30-17-21-15-19(12-14-24(21)29-4)11-13-23(28)22-16-27(3)26-18(22)2/h5-7,9-16H,1,8,17H2,2-4H3/b13-11+. The molecule has 0 bridgehead atoms. The molecule has 0 spiro atoms. The highest BCUT2D eigenvalue weighted by molar-refractivity contribution is 6.07. The minimum absolute atomic E-state index is 0.0763. The van der Waals surface area contributed by atoms with Gasteiger partial charge in [-0.15, -0.1) is 6.58 Å². The molecule has 0 saturated heterocycles. The van der Waals surface area contributed by atoms with E-state index in [2.05, 4.69) is 11.7 Å². The van der Waals surface area contributed by atoms with Crippen LogP contribution >= 0.6 is 0 Å². The molecule has 0 unspecified atom stereocenters. The lowest BCUT2D eigenvalue weighted by molar-refractivity contribution is 0.104. The van der Waals surface area contributed by atoms with Crippen molar-refractivity contribution in [1.29, 1.82) is 0 Å². The van der Waals surface area contributed by atoms with E-state index in [0.29, 0.717) is 17.9 Å². The zero-order valence-corrected chi connectivity index (χ0v) is 17.6. The minimum atomic E-state index is -0.0763. The Morgan fingerprint density at radius 3 is 2.67 bits per heavy atom. The molecule has 3 aromatic rings. The lowest BCUT2D eigenvalue weighted by Gasteiger charge is -2.13. The summed E-state index contributed by atoms with van der Waals surface area (Å²) in [7, 11) is 3.44. The molecule has 2 aromatic carbocycles. The summed E-state index contributed by atoms with van der Waals surface area (Å²) >= 11 is 0. The molecule has 0 aliphatic rings. The van der Waals surface area contributed by atoms with Crippen LogP contribution in [0.5, 0.6) is 11.5 Å². The first kappa shape index (κ1) is 21.1. The predicted molar refractivity (Wildman–Crippen MR) is 119 cm³/mol. The third-order valence-electron chi connectivity index (χ3n) is 4.73. The molecule has 0 radical (unpaired) electrons. The number of carbonyl (C=O) groups is 1. The third-order valence-corrected chi connectivity index (χ3v) is 4.73. The summed E-state index contributed by atoms with van der Waals surface area (Å²) in [5.74, 6) is 1.48. The Morgan fingerprint density at radius 2 is 1.97 bits per heavy atom. The Bertz CT molecular complexity index is 1080. The molecule has 0 fully saturated rings. The van der Waals surface area contributed by atoms with E-state index in [9.17, 15) is 4.79 Å². The van der Waals surface area contributed by atoms with E-state index in [1.807, 2.05) is 55.5 Å². The van der Waals surface area contributed by atoms with Crippen molar-refractivity contribution in [2.75, 3.05) is 7.11 Å². The van der Waals surface area contributed by atoms with Gasteiger partial charge in [0.05, 0.1) is 18.4 Å². The van der Waals surface area contributed by atoms with Crippen LogP contribution in [0.15, 0.2) is 67.4 Å². The Labute approximate surface area is 177 Å².